The molecule has 0 aromatic carbocycles. The maximum atomic E-state index is 11.7. The molecule has 1 aliphatic heterocycles. The van der Waals surface area contributed by atoms with Gasteiger partial charge < -0.3 is 0 Å². The molecule has 1 aliphatic carbocycles. The van der Waals surface area contributed by atoms with Crippen LogP contribution in [0.15, 0.2) is 0 Å². The summed E-state index contributed by atoms with van der Waals surface area (Å²) in [6.45, 7) is 0. The third kappa shape index (κ3) is 2.09. The molecule has 0 bridgehead atoms. The Balaban J connectivity index is 2.29. The fraction of sp³-hybridized carbons (Fsp3) is 0.692. The van der Waals surface area contributed by atoms with E-state index in [1.165, 1.54) is 0 Å². The molecule has 0 aromatic heterocycles. The van der Waals surface area contributed by atoms with Crippen molar-refractivity contribution in [2.24, 2.45) is 23.7 Å². The van der Waals surface area contributed by atoms with E-state index in [0.29, 0.717) is 0 Å². The summed E-state index contributed by atoms with van der Waals surface area (Å²) in [4.78, 5) is 23.4. The molecule has 2 rings (SSSR count). The Morgan fingerprint density at radius 2 is 1.44 bits per heavy atom. The summed E-state index contributed by atoms with van der Waals surface area (Å²) < 4.78 is 0. The Morgan fingerprint density at radius 3 is 1.89 bits per heavy atom. The molecular weight excluding hydrogens is 230 g/mol. The van der Waals surface area contributed by atoms with Crippen molar-refractivity contribution >= 4 is 11.8 Å². The van der Waals surface area contributed by atoms with E-state index in [1.54, 1.807) is 0 Å². The molecular formula is C13H15N3O2. The fourth-order valence-electron chi connectivity index (χ4n) is 3.17. The predicted molar refractivity (Wildman–Crippen MR) is 61.4 cm³/mol. The number of nitriles is 2. The molecule has 1 heterocycles. The molecule has 18 heavy (non-hydrogen) atoms. The van der Waals surface area contributed by atoms with Gasteiger partial charge in [0.25, 0.3) is 0 Å². The zero-order valence-corrected chi connectivity index (χ0v) is 10.1. The van der Waals surface area contributed by atoms with E-state index < -0.39 is 29.6 Å². The van der Waals surface area contributed by atoms with Crippen molar-refractivity contribution in [1.82, 2.24) is 5.32 Å². The molecule has 1 saturated carbocycles. The van der Waals surface area contributed by atoms with Crippen LogP contribution in [-0.2, 0) is 9.59 Å². The zero-order valence-electron chi connectivity index (χ0n) is 10.1. The lowest BCUT2D eigenvalue weighted by molar-refractivity contribution is -0.141. The van der Waals surface area contributed by atoms with Crippen LogP contribution in [0.5, 0.6) is 0 Å². The number of nitrogens with one attached hydrogen (secondary N) is 1. The molecule has 2 amide bonds. The highest BCUT2D eigenvalue weighted by molar-refractivity contribution is 6.02. The van der Waals surface area contributed by atoms with Gasteiger partial charge in [-0.1, -0.05) is 32.1 Å². The Hall–Kier alpha value is -1.88. The second-order valence-electron chi connectivity index (χ2n) is 5.04. The summed E-state index contributed by atoms with van der Waals surface area (Å²) in [5.41, 5.74) is 0. The first kappa shape index (κ1) is 12.6. The van der Waals surface area contributed by atoms with Crippen molar-refractivity contribution in [3.05, 3.63) is 0 Å². The van der Waals surface area contributed by atoms with Gasteiger partial charge in [0, 0.05) is 5.92 Å². The average Bonchev–Trinajstić information content (AvgIpc) is 2.39. The average molecular weight is 245 g/mol. The molecule has 2 aliphatic rings. The third-order valence-electron chi connectivity index (χ3n) is 4.05. The number of carbonyl (C=O) groups is 2. The summed E-state index contributed by atoms with van der Waals surface area (Å²) >= 11 is 0. The van der Waals surface area contributed by atoms with Crippen molar-refractivity contribution in [1.29, 1.82) is 10.5 Å². The molecule has 2 fully saturated rings. The van der Waals surface area contributed by atoms with E-state index in [4.69, 9.17) is 10.5 Å². The van der Waals surface area contributed by atoms with E-state index in [-0.39, 0.29) is 5.92 Å². The van der Waals surface area contributed by atoms with E-state index in [1.807, 2.05) is 12.1 Å². The molecule has 5 nitrogen and oxygen atoms in total. The molecule has 0 aromatic rings. The van der Waals surface area contributed by atoms with Crippen LogP contribution in [0.25, 0.3) is 0 Å². The molecule has 0 unspecified atom stereocenters. The fourth-order valence-corrected chi connectivity index (χ4v) is 3.17. The lowest BCUT2D eigenvalue weighted by Crippen LogP contribution is -2.53. The SMILES string of the molecule is N#C[C@H]1C(=O)NC(=O)[C@H](C#N)C1C1CCCCC1. The van der Waals surface area contributed by atoms with Gasteiger partial charge in [-0.2, -0.15) is 10.5 Å². The summed E-state index contributed by atoms with van der Waals surface area (Å²) in [7, 11) is 0. The van der Waals surface area contributed by atoms with E-state index in [0.717, 1.165) is 32.1 Å². The minimum absolute atomic E-state index is 0.142. The molecule has 1 N–H and O–H groups in total. The van der Waals surface area contributed by atoms with E-state index in [2.05, 4.69) is 5.32 Å². The molecule has 1 saturated heterocycles. The number of carbonyl (C=O) groups excluding carboxylic acids is 2. The van der Waals surface area contributed by atoms with Gasteiger partial charge in [0.2, 0.25) is 11.8 Å². The Morgan fingerprint density at radius 1 is 0.944 bits per heavy atom. The Labute approximate surface area is 106 Å². The number of hydrogen-bond acceptors (Lipinski definition) is 4. The second-order valence-corrected chi connectivity index (χ2v) is 5.04. The summed E-state index contributed by atoms with van der Waals surface area (Å²) in [6, 6.07) is 3.94. The first-order valence-corrected chi connectivity index (χ1v) is 6.33. The van der Waals surface area contributed by atoms with Crippen LogP contribution < -0.4 is 5.32 Å². The van der Waals surface area contributed by atoms with Crippen LogP contribution in [-0.4, -0.2) is 11.8 Å². The van der Waals surface area contributed by atoms with Gasteiger partial charge in [-0.3, -0.25) is 14.9 Å². The van der Waals surface area contributed by atoms with E-state index >= 15 is 0 Å². The summed E-state index contributed by atoms with van der Waals surface area (Å²) in [6.07, 6.45) is 5.06. The quantitative estimate of drug-likeness (QED) is 0.700. The largest absolute Gasteiger partial charge is 0.294 e. The molecule has 0 radical (unpaired) electrons. The second kappa shape index (κ2) is 5.18. The number of imide groups is 1. The van der Waals surface area contributed by atoms with E-state index in [9.17, 15) is 9.59 Å². The van der Waals surface area contributed by atoms with Crippen LogP contribution in [0, 0.1) is 46.3 Å². The van der Waals surface area contributed by atoms with Crippen molar-refractivity contribution in [2.75, 3.05) is 0 Å². The van der Waals surface area contributed by atoms with Crippen molar-refractivity contribution in [3.63, 3.8) is 0 Å². The molecule has 94 valence electrons. The maximum Gasteiger partial charge on any atom is 0.244 e. The highest BCUT2D eigenvalue weighted by Crippen LogP contribution is 2.40. The monoisotopic (exact) mass is 245 g/mol. The van der Waals surface area contributed by atoms with Crippen LogP contribution in [0.2, 0.25) is 0 Å². The van der Waals surface area contributed by atoms with Gasteiger partial charge in [0.15, 0.2) is 0 Å². The minimum Gasteiger partial charge on any atom is -0.294 e. The number of rotatable bonds is 1. The number of piperidine rings is 1. The summed E-state index contributed by atoms with van der Waals surface area (Å²) in [5.74, 6) is -3.09. The van der Waals surface area contributed by atoms with Gasteiger partial charge in [0.05, 0.1) is 12.1 Å². The van der Waals surface area contributed by atoms with Gasteiger partial charge in [0.1, 0.15) is 11.8 Å². The lowest BCUT2D eigenvalue weighted by Gasteiger charge is -2.37. The summed E-state index contributed by atoms with van der Waals surface area (Å²) in [5, 5.41) is 20.4. The van der Waals surface area contributed by atoms with Gasteiger partial charge in [-0.25, -0.2) is 0 Å². The van der Waals surface area contributed by atoms with Crippen LogP contribution >= 0.6 is 0 Å². The minimum atomic E-state index is -0.865. The molecule has 0 spiro atoms. The number of hydrogen-bond donors (Lipinski definition) is 1. The Kier molecular flexibility index (Phi) is 3.62. The standard InChI is InChI=1S/C13H15N3O2/c14-6-9-11(8-4-2-1-3-5-8)10(7-15)13(18)16-12(9)17/h8-11H,1-5H2,(H,16,17,18)/t9-,10-/m1/s1. The predicted octanol–water partition coefficient (Wildman–Crippen LogP) is 1.12. The highest BCUT2D eigenvalue weighted by atomic mass is 16.2. The van der Waals surface area contributed by atoms with Crippen molar-refractivity contribution < 1.29 is 9.59 Å². The van der Waals surface area contributed by atoms with Crippen LogP contribution in [0.4, 0.5) is 0 Å². The van der Waals surface area contributed by atoms with Gasteiger partial charge in [-0.15, -0.1) is 0 Å². The molecule has 5 heteroatoms. The third-order valence-corrected chi connectivity index (χ3v) is 4.05. The van der Waals surface area contributed by atoms with Crippen LogP contribution in [0.3, 0.4) is 0 Å². The number of nitrogens with zero attached hydrogens (tertiary/aromatic N) is 2. The van der Waals surface area contributed by atoms with Crippen molar-refractivity contribution in [3.8, 4) is 12.1 Å². The van der Waals surface area contributed by atoms with Crippen LogP contribution in [0.1, 0.15) is 32.1 Å². The smallest absolute Gasteiger partial charge is 0.244 e. The lowest BCUT2D eigenvalue weighted by atomic mass is 9.67. The normalized spacial score (nSPS) is 30.3. The highest BCUT2D eigenvalue weighted by Gasteiger charge is 2.47. The maximum absolute atomic E-state index is 11.7. The topological polar surface area (TPSA) is 93.8 Å². The Bertz CT molecular complexity index is 408. The van der Waals surface area contributed by atoms with Gasteiger partial charge in [-0.05, 0) is 5.92 Å². The number of amides is 2. The first-order valence-electron chi connectivity index (χ1n) is 6.33. The van der Waals surface area contributed by atoms with Crippen molar-refractivity contribution in [2.45, 2.75) is 32.1 Å². The molecule has 2 atom stereocenters. The zero-order chi connectivity index (χ0) is 13.1. The van der Waals surface area contributed by atoms with Gasteiger partial charge >= 0.3 is 0 Å². The first-order chi connectivity index (χ1) is 8.69.